The molecule has 0 saturated carbocycles. The van der Waals surface area contributed by atoms with Crippen molar-refractivity contribution in [1.29, 1.82) is 0 Å². The van der Waals surface area contributed by atoms with Gasteiger partial charge in [0.1, 0.15) is 17.2 Å². The Balaban J connectivity index is 1.62. The Kier molecular flexibility index (Phi) is 5.04. The molecular formula is C25H23N3O3. The second-order valence-corrected chi connectivity index (χ2v) is 7.56. The number of nitrogens with zero attached hydrogens (tertiary/aromatic N) is 2. The summed E-state index contributed by atoms with van der Waals surface area (Å²) in [6, 6.07) is 21.3. The van der Waals surface area contributed by atoms with Gasteiger partial charge in [0.15, 0.2) is 0 Å². The van der Waals surface area contributed by atoms with E-state index in [1.807, 2.05) is 71.6 Å². The van der Waals surface area contributed by atoms with Crippen LogP contribution in [0.25, 0.3) is 11.3 Å². The first-order valence-corrected chi connectivity index (χ1v) is 10.5. The molecule has 0 radical (unpaired) electrons. The van der Waals surface area contributed by atoms with E-state index in [1.54, 1.807) is 6.26 Å². The van der Waals surface area contributed by atoms with Crippen LogP contribution in [0.4, 0.5) is 0 Å². The number of carbonyl (C=O) groups excluding carboxylic acids is 1. The molecule has 0 saturated heterocycles. The second kappa shape index (κ2) is 8.14. The van der Waals surface area contributed by atoms with Crippen molar-refractivity contribution >= 4 is 5.91 Å². The Hall–Kier alpha value is -3.80. The van der Waals surface area contributed by atoms with Crippen molar-refractivity contribution in [2.24, 2.45) is 0 Å². The SMILES string of the molecule is CCCOc1cccc(C2c3c(-c4ccccc4)n[nH]c3C(=O)N2Cc2ccco2)c1. The summed E-state index contributed by atoms with van der Waals surface area (Å²) in [4.78, 5) is 15.2. The summed E-state index contributed by atoms with van der Waals surface area (Å²) in [5, 5.41) is 7.50. The number of H-pyrrole nitrogens is 1. The van der Waals surface area contributed by atoms with Gasteiger partial charge in [-0.05, 0) is 36.2 Å². The van der Waals surface area contributed by atoms with Crippen LogP contribution in [0.15, 0.2) is 77.4 Å². The number of aromatic amines is 1. The van der Waals surface area contributed by atoms with Crippen molar-refractivity contribution in [3.05, 3.63) is 95.6 Å². The first kappa shape index (κ1) is 19.2. The van der Waals surface area contributed by atoms with Gasteiger partial charge in [-0.2, -0.15) is 5.10 Å². The van der Waals surface area contributed by atoms with E-state index in [0.29, 0.717) is 18.8 Å². The quantitative estimate of drug-likeness (QED) is 0.452. The van der Waals surface area contributed by atoms with Gasteiger partial charge >= 0.3 is 0 Å². The average molecular weight is 413 g/mol. The topological polar surface area (TPSA) is 71.4 Å². The summed E-state index contributed by atoms with van der Waals surface area (Å²) in [7, 11) is 0. The zero-order chi connectivity index (χ0) is 21.2. The number of hydrogen-bond acceptors (Lipinski definition) is 4. The van der Waals surface area contributed by atoms with E-state index in [-0.39, 0.29) is 11.9 Å². The summed E-state index contributed by atoms with van der Waals surface area (Å²) in [6.07, 6.45) is 2.56. The number of hydrogen-bond donors (Lipinski definition) is 1. The Morgan fingerprint density at radius 1 is 1.10 bits per heavy atom. The van der Waals surface area contributed by atoms with Gasteiger partial charge in [-0.3, -0.25) is 9.89 Å². The van der Waals surface area contributed by atoms with Crippen molar-refractivity contribution in [3.63, 3.8) is 0 Å². The maximum absolute atomic E-state index is 13.4. The number of carbonyl (C=O) groups is 1. The molecule has 31 heavy (non-hydrogen) atoms. The molecular weight excluding hydrogens is 390 g/mol. The highest BCUT2D eigenvalue weighted by Gasteiger charge is 2.42. The number of nitrogens with one attached hydrogen (secondary N) is 1. The van der Waals surface area contributed by atoms with E-state index in [9.17, 15) is 4.79 Å². The molecule has 6 nitrogen and oxygen atoms in total. The third kappa shape index (κ3) is 3.50. The minimum absolute atomic E-state index is 0.0917. The lowest BCUT2D eigenvalue weighted by molar-refractivity contribution is 0.0716. The van der Waals surface area contributed by atoms with Crippen LogP contribution in [0.1, 0.15) is 46.8 Å². The molecule has 1 atom stereocenters. The van der Waals surface area contributed by atoms with Crippen LogP contribution in [-0.2, 0) is 6.54 Å². The highest BCUT2D eigenvalue weighted by atomic mass is 16.5. The zero-order valence-electron chi connectivity index (χ0n) is 17.2. The van der Waals surface area contributed by atoms with Gasteiger partial charge in [-0.15, -0.1) is 0 Å². The molecule has 1 aliphatic rings. The summed E-state index contributed by atoms with van der Waals surface area (Å²) in [5.41, 5.74) is 4.14. The van der Waals surface area contributed by atoms with Gasteiger partial charge in [0.25, 0.3) is 5.91 Å². The molecule has 1 unspecified atom stereocenters. The molecule has 1 N–H and O–H groups in total. The number of fused-ring (bicyclic) bond motifs is 1. The van der Waals surface area contributed by atoms with Crippen LogP contribution in [0.3, 0.4) is 0 Å². The van der Waals surface area contributed by atoms with Crippen molar-refractivity contribution in [3.8, 4) is 17.0 Å². The first-order valence-electron chi connectivity index (χ1n) is 10.5. The van der Waals surface area contributed by atoms with Gasteiger partial charge in [-0.25, -0.2) is 0 Å². The lowest BCUT2D eigenvalue weighted by Gasteiger charge is -2.26. The Morgan fingerprint density at radius 2 is 1.97 bits per heavy atom. The molecule has 3 heterocycles. The maximum Gasteiger partial charge on any atom is 0.273 e. The van der Waals surface area contributed by atoms with Gasteiger partial charge in [-0.1, -0.05) is 49.4 Å². The Labute approximate surface area is 180 Å². The van der Waals surface area contributed by atoms with E-state index >= 15 is 0 Å². The molecule has 4 aromatic rings. The Bertz CT molecular complexity index is 1180. The summed E-state index contributed by atoms with van der Waals surface area (Å²) < 4.78 is 11.4. The smallest absolute Gasteiger partial charge is 0.273 e. The van der Waals surface area contributed by atoms with Gasteiger partial charge in [0.2, 0.25) is 0 Å². The maximum atomic E-state index is 13.4. The van der Waals surface area contributed by atoms with E-state index < -0.39 is 0 Å². The number of furan rings is 1. The van der Waals surface area contributed by atoms with Crippen LogP contribution in [0.5, 0.6) is 5.75 Å². The fourth-order valence-electron chi connectivity index (χ4n) is 4.09. The van der Waals surface area contributed by atoms with Gasteiger partial charge < -0.3 is 14.1 Å². The predicted octanol–water partition coefficient (Wildman–Crippen LogP) is 5.20. The van der Waals surface area contributed by atoms with Crippen molar-refractivity contribution < 1.29 is 13.9 Å². The summed E-state index contributed by atoms with van der Waals surface area (Å²) >= 11 is 0. The molecule has 0 spiro atoms. The van der Waals surface area contributed by atoms with Crippen LogP contribution in [-0.4, -0.2) is 27.6 Å². The average Bonchev–Trinajstić information content (AvgIpc) is 3.53. The van der Waals surface area contributed by atoms with Crippen LogP contribution >= 0.6 is 0 Å². The molecule has 2 aromatic carbocycles. The van der Waals surface area contributed by atoms with Crippen LogP contribution < -0.4 is 4.74 Å². The second-order valence-electron chi connectivity index (χ2n) is 7.56. The third-order valence-corrected chi connectivity index (χ3v) is 5.46. The first-order chi connectivity index (χ1) is 15.3. The molecule has 0 bridgehead atoms. The molecule has 0 aliphatic carbocycles. The Morgan fingerprint density at radius 3 is 2.74 bits per heavy atom. The lowest BCUT2D eigenvalue weighted by Crippen LogP contribution is -2.29. The molecule has 0 fully saturated rings. The van der Waals surface area contributed by atoms with E-state index in [4.69, 9.17) is 9.15 Å². The third-order valence-electron chi connectivity index (χ3n) is 5.46. The number of aromatic nitrogens is 2. The van der Waals surface area contributed by atoms with Crippen molar-refractivity contribution in [1.82, 2.24) is 15.1 Å². The highest BCUT2D eigenvalue weighted by Crippen LogP contribution is 2.44. The van der Waals surface area contributed by atoms with Crippen molar-refractivity contribution in [2.45, 2.75) is 25.9 Å². The largest absolute Gasteiger partial charge is 0.494 e. The number of rotatable bonds is 7. The fraction of sp³-hybridized carbons (Fsp3) is 0.200. The minimum Gasteiger partial charge on any atom is -0.494 e. The van der Waals surface area contributed by atoms with Gasteiger partial charge in [0.05, 0.1) is 31.2 Å². The summed E-state index contributed by atoms with van der Waals surface area (Å²) in [6.45, 7) is 3.09. The number of ether oxygens (including phenoxy) is 1. The summed E-state index contributed by atoms with van der Waals surface area (Å²) in [5.74, 6) is 1.44. The fourth-order valence-corrected chi connectivity index (χ4v) is 4.09. The molecule has 1 aliphatic heterocycles. The molecule has 5 rings (SSSR count). The van der Waals surface area contributed by atoms with E-state index in [0.717, 1.165) is 40.3 Å². The van der Waals surface area contributed by atoms with Crippen LogP contribution in [0.2, 0.25) is 0 Å². The van der Waals surface area contributed by atoms with Crippen LogP contribution in [0, 0.1) is 0 Å². The number of amides is 1. The molecule has 1 amide bonds. The molecule has 6 heteroatoms. The number of benzene rings is 2. The van der Waals surface area contributed by atoms with Crippen molar-refractivity contribution in [2.75, 3.05) is 6.61 Å². The molecule has 2 aromatic heterocycles. The van der Waals surface area contributed by atoms with E-state index in [2.05, 4.69) is 17.1 Å². The van der Waals surface area contributed by atoms with Gasteiger partial charge in [0, 0.05) is 11.1 Å². The normalized spacial score (nSPS) is 15.3. The lowest BCUT2D eigenvalue weighted by atomic mass is 9.96. The monoisotopic (exact) mass is 413 g/mol. The van der Waals surface area contributed by atoms with E-state index in [1.165, 1.54) is 0 Å². The minimum atomic E-state index is -0.299. The predicted molar refractivity (Wildman–Crippen MR) is 117 cm³/mol. The highest BCUT2D eigenvalue weighted by molar-refractivity contribution is 6.00. The standard InChI is InChI=1S/C25H23N3O3/c1-2-13-30-19-11-6-10-18(15-19)24-21-22(17-8-4-3-5-9-17)26-27-23(21)25(29)28(24)16-20-12-7-14-31-20/h3-12,14-15,24H,2,13,16H2,1H3,(H,26,27). The molecule has 156 valence electrons. The zero-order valence-corrected chi connectivity index (χ0v) is 17.2.